The SMILES string of the molecule is N=[N+]=NS(=O)(=O)c1cccc2cccnc12. The number of fused-ring (bicyclic) bond motifs is 1. The number of benzene rings is 1. The summed E-state index contributed by atoms with van der Waals surface area (Å²) < 4.78 is 26.2. The van der Waals surface area contributed by atoms with Gasteiger partial charge >= 0.3 is 10.0 Å². The van der Waals surface area contributed by atoms with Crippen LogP contribution in [-0.2, 0) is 10.0 Å². The molecule has 16 heavy (non-hydrogen) atoms. The molecule has 2 rings (SSSR count). The van der Waals surface area contributed by atoms with Gasteiger partial charge in [-0.2, -0.15) is 8.42 Å². The molecule has 1 aromatic heterocycles. The molecule has 2 aromatic rings. The molecule has 0 atom stereocenters. The summed E-state index contributed by atoms with van der Waals surface area (Å²) in [6.45, 7) is 0. The molecule has 0 aliphatic heterocycles. The van der Waals surface area contributed by atoms with Crippen LogP contribution in [0.2, 0.25) is 0 Å². The van der Waals surface area contributed by atoms with Crippen LogP contribution < -0.4 is 4.91 Å². The summed E-state index contributed by atoms with van der Waals surface area (Å²) in [5.74, 6) is 0. The number of rotatable bonds is 2. The van der Waals surface area contributed by atoms with Crippen LogP contribution in [0.4, 0.5) is 0 Å². The highest BCUT2D eigenvalue weighted by atomic mass is 32.2. The summed E-state index contributed by atoms with van der Waals surface area (Å²) in [5.41, 5.74) is 6.81. The fraction of sp³-hybridized carbons (Fsp3) is 0. The quantitative estimate of drug-likeness (QED) is 0.630. The van der Waals surface area contributed by atoms with Crippen molar-refractivity contribution in [2.45, 2.75) is 4.90 Å². The van der Waals surface area contributed by atoms with E-state index in [0.717, 1.165) is 0 Å². The van der Waals surface area contributed by atoms with Gasteiger partial charge in [0, 0.05) is 11.6 Å². The third-order valence-electron chi connectivity index (χ3n) is 2.02. The van der Waals surface area contributed by atoms with Crippen LogP contribution in [0, 0.1) is 5.53 Å². The zero-order valence-corrected chi connectivity index (χ0v) is 8.85. The maximum absolute atomic E-state index is 11.6. The van der Waals surface area contributed by atoms with Crippen molar-refractivity contribution >= 4 is 20.9 Å². The molecule has 0 bridgehead atoms. The third kappa shape index (κ3) is 1.69. The van der Waals surface area contributed by atoms with E-state index in [0.29, 0.717) is 10.9 Å². The Morgan fingerprint density at radius 2 is 2.00 bits per heavy atom. The average molecular weight is 235 g/mol. The largest absolute Gasteiger partial charge is 0.357 e. The highest BCUT2D eigenvalue weighted by Crippen LogP contribution is 2.21. The maximum atomic E-state index is 11.6. The lowest BCUT2D eigenvalue weighted by Gasteiger charge is -1.99. The van der Waals surface area contributed by atoms with E-state index in [1.807, 2.05) is 0 Å². The zero-order valence-electron chi connectivity index (χ0n) is 8.03. The lowest BCUT2D eigenvalue weighted by Crippen LogP contribution is -1.98. The third-order valence-corrected chi connectivity index (χ3v) is 3.20. The Labute approximate surface area is 91.2 Å². The number of aromatic nitrogens is 1. The molecular weight excluding hydrogens is 228 g/mol. The minimum absolute atomic E-state index is 0.0402. The standard InChI is InChI=1S/C9H7N4O2S/c10-12-13-16(14,15)8-5-1-3-7-4-2-6-11-9(7)8/h1-6,10H/q+1. The van der Waals surface area contributed by atoms with Crippen LogP contribution in [0.25, 0.3) is 10.9 Å². The highest BCUT2D eigenvalue weighted by molar-refractivity contribution is 7.90. The number of nitrogens with one attached hydrogen (secondary N) is 1. The second-order valence-electron chi connectivity index (χ2n) is 2.99. The second-order valence-corrected chi connectivity index (χ2v) is 4.54. The number of sulfonamides is 1. The highest BCUT2D eigenvalue weighted by Gasteiger charge is 2.22. The van der Waals surface area contributed by atoms with Crippen LogP contribution in [0.5, 0.6) is 0 Å². The molecular formula is C9H7N4O2S+. The van der Waals surface area contributed by atoms with Gasteiger partial charge in [-0.15, -0.1) is 0 Å². The lowest BCUT2D eigenvalue weighted by molar-refractivity contribution is 0.594. The molecule has 0 amide bonds. The Bertz CT molecular complexity index is 684. The first kappa shape index (κ1) is 10.4. The Morgan fingerprint density at radius 3 is 2.75 bits per heavy atom. The number of hydrogen-bond acceptors (Lipinski definition) is 4. The molecule has 0 aliphatic carbocycles. The van der Waals surface area contributed by atoms with E-state index >= 15 is 0 Å². The number of pyridine rings is 1. The van der Waals surface area contributed by atoms with E-state index in [-0.39, 0.29) is 4.90 Å². The fourth-order valence-electron chi connectivity index (χ4n) is 1.38. The van der Waals surface area contributed by atoms with Crippen LogP contribution >= 0.6 is 0 Å². The van der Waals surface area contributed by atoms with Gasteiger partial charge in [-0.1, -0.05) is 18.2 Å². The van der Waals surface area contributed by atoms with Gasteiger partial charge in [-0.05, 0) is 12.1 Å². The number of para-hydroxylation sites is 1. The van der Waals surface area contributed by atoms with Crippen LogP contribution in [-0.4, -0.2) is 13.4 Å². The van der Waals surface area contributed by atoms with Crippen molar-refractivity contribution in [1.29, 1.82) is 5.53 Å². The lowest BCUT2D eigenvalue weighted by atomic mass is 10.2. The van der Waals surface area contributed by atoms with Gasteiger partial charge < -0.3 is 0 Å². The molecule has 80 valence electrons. The van der Waals surface area contributed by atoms with Gasteiger partial charge in [0.05, 0.1) is 5.52 Å². The molecule has 1 N–H and O–H groups in total. The van der Waals surface area contributed by atoms with E-state index in [9.17, 15) is 8.42 Å². The van der Waals surface area contributed by atoms with Crippen molar-refractivity contribution in [1.82, 2.24) is 9.90 Å². The zero-order chi connectivity index (χ0) is 11.6. The van der Waals surface area contributed by atoms with E-state index in [4.69, 9.17) is 5.53 Å². The predicted molar refractivity (Wildman–Crippen MR) is 56.2 cm³/mol. The predicted octanol–water partition coefficient (Wildman–Crippen LogP) is 1.47. The van der Waals surface area contributed by atoms with Gasteiger partial charge in [-0.3, -0.25) is 4.98 Å². The molecule has 0 saturated heterocycles. The molecule has 0 spiro atoms. The van der Waals surface area contributed by atoms with E-state index in [1.54, 1.807) is 24.3 Å². The Hall–Kier alpha value is -2.11. The van der Waals surface area contributed by atoms with Gasteiger partial charge in [-0.25, -0.2) is 0 Å². The molecule has 7 heteroatoms. The van der Waals surface area contributed by atoms with Gasteiger partial charge in [0.2, 0.25) is 4.91 Å². The summed E-state index contributed by atoms with van der Waals surface area (Å²) in [7, 11) is -3.93. The first-order chi connectivity index (χ1) is 7.65. The summed E-state index contributed by atoms with van der Waals surface area (Å²) in [6.07, 6.45) is 1.50. The van der Waals surface area contributed by atoms with Crippen molar-refractivity contribution in [3.8, 4) is 0 Å². The number of nitrogens with zero attached hydrogens (tertiary/aromatic N) is 3. The van der Waals surface area contributed by atoms with Crippen molar-refractivity contribution < 1.29 is 8.42 Å². The maximum Gasteiger partial charge on any atom is 0.357 e. The topological polar surface area (TPSA) is 97.3 Å². The monoisotopic (exact) mass is 235 g/mol. The van der Waals surface area contributed by atoms with Crippen molar-refractivity contribution in [2.24, 2.45) is 4.52 Å². The van der Waals surface area contributed by atoms with Crippen molar-refractivity contribution in [3.05, 3.63) is 36.5 Å². The van der Waals surface area contributed by atoms with Crippen molar-refractivity contribution in [3.63, 3.8) is 0 Å². The van der Waals surface area contributed by atoms with E-state index in [2.05, 4.69) is 14.4 Å². The molecule has 0 aliphatic rings. The van der Waals surface area contributed by atoms with Crippen LogP contribution in [0.1, 0.15) is 0 Å². The summed E-state index contributed by atoms with van der Waals surface area (Å²) in [5, 5.41) is 0.698. The second kappa shape index (κ2) is 3.80. The molecule has 0 unspecified atom stereocenters. The minimum atomic E-state index is -3.93. The molecule has 1 aromatic carbocycles. The number of hydrogen-bond donors (Lipinski definition) is 1. The smallest absolute Gasteiger partial charge is 0.255 e. The Morgan fingerprint density at radius 1 is 1.25 bits per heavy atom. The molecule has 0 radical (unpaired) electrons. The first-order valence-electron chi connectivity index (χ1n) is 4.32. The molecule has 0 saturated carbocycles. The summed E-state index contributed by atoms with van der Waals surface area (Å²) in [4.78, 5) is 6.50. The van der Waals surface area contributed by atoms with Crippen LogP contribution in [0.3, 0.4) is 0 Å². The van der Waals surface area contributed by atoms with Crippen molar-refractivity contribution in [2.75, 3.05) is 0 Å². The van der Waals surface area contributed by atoms with Gasteiger partial charge in [0.15, 0.2) is 0 Å². The fourth-order valence-corrected chi connectivity index (χ4v) is 2.24. The van der Waals surface area contributed by atoms with Crippen LogP contribution in [0.15, 0.2) is 45.9 Å². The van der Waals surface area contributed by atoms with E-state index in [1.165, 1.54) is 12.3 Å². The normalized spacial score (nSPS) is 11.0. The summed E-state index contributed by atoms with van der Waals surface area (Å²) in [6, 6.07) is 8.19. The molecule has 1 heterocycles. The molecule has 6 nitrogen and oxygen atoms in total. The average Bonchev–Trinajstić information content (AvgIpc) is 2.28. The molecule has 0 fully saturated rings. The Kier molecular flexibility index (Phi) is 2.47. The summed E-state index contributed by atoms with van der Waals surface area (Å²) >= 11 is 0. The van der Waals surface area contributed by atoms with Gasteiger partial charge in [0.25, 0.3) is 4.52 Å². The van der Waals surface area contributed by atoms with E-state index < -0.39 is 10.0 Å². The Balaban J connectivity index is 2.85. The first-order valence-corrected chi connectivity index (χ1v) is 5.76. The van der Waals surface area contributed by atoms with Gasteiger partial charge in [0.1, 0.15) is 10.4 Å². The minimum Gasteiger partial charge on any atom is -0.255 e.